The summed E-state index contributed by atoms with van der Waals surface area (Å²) in [5.41, 5.74) is 0.459. The van der Waals surface area contributed by atoms with Crippen LogP contribution in [0.4, 0.5) is 0 Å². The molecule has 0 saturated heterocycles. The molecule has 0 heterocycles. The van der Waals surface area contributed by atoms with Crippen molar-refractivity contribution in [2.24, 2.45) is 11.3 Å². The number of aliphatic hydroxyl groups is 1. The molecule has 3 heteroatoms. The molecule has 1 rings (SSSR count). The van der Waals surface area contributed by atoms with Crippen LogP contribution in [0.2, 0.25) is 0 Å². The summed E-state index contributed by atoms with van der Waals surface area (Å²) in [6, 6.07) is 0.614. The predicted octanol–water partition coefficient (Wildman–Crippen LogP) is 2.19. The van der Waals surface area contributed by atoms with Gasteiger partial charge in [-0.25, -0.2) is 0 Å². The fourth-order valence-corrected chi connectivity index (χ4v) is 3.23. The second kappa shape index (κ2) is 6.72. The summed E-state index contributed by atoms with van der Waals surface area (Å²) < 4.78 is 4.92. The summed E-state index contributed by atoms with van der Waals surface area (Å²) in [5.74, 6) is 0.806. The van der Waals surface area contributed by atoms with Gasteiger partial charge in [-0.3, -0.25) is 0 Å². The molecule has 0 aliphatic heterocycles. The van der Waals surface area contributed by atoms with Crippen LogP contribution in [0.15, 0.2) is 0 Å². The zero-order valence-corrected chi connectivity index (χ0v) is 11.8. The van der Waals surface area contributed by atoms with Crippen molar-refractivity contribution in [2.75, 3.05) is 20.3 Å². The lowest BCUT2D eigenvalue weighted by Crippen LogP contribution is -2.41. The molecule has 0 spiro atoms. The number of ether oxygens (including phenoxy) is 1. The molecule has 0 radical (unpaired) electrons. The molecule has 1 fully saturated rings. The number of aliphatic hydroxyl groups excluding tert-OH is 1. The average Bonchev–Trinajstić information content (AvgIpc) is 2.14. The highest BCUT2D eigenvalue weighted by atomic mass is 16.5. The zero-order valence-electron chi connectivity index (χ0n) is 11.8. The second-order valence-corrected chi connectivity index (χ2v) is 6.46. The first kappa shape index (κ1) is 14.9. The minimum atomic E-state index is -0.332. The van der Waals surface area contributed by atoms with E-state index in [1.54, 1.807) is 7.11 Å². The minimum Gasteiger partial charge on any atom is -0.391 e. The van der Waals surface area contributed by atoms with Crippen LogP contribution in [-0.2, 0) is 4.74 Å². The van der Waals surface area contributed by atoms with E-state index < -0.39 is 0 Å². The van der Waals surface area contributed by atoms with E-state index in [-0.39, 0.29) is 6.10 Å². The highest BCUT2D eigenvalue weighted by molar-refractivity contribution is 4.86. The monoisotopic (exact) mass is 243 g/mol. The third kappa shape index (κ3) is 5.84. The molecule has 3 unspecified atom stereocenters. The Hall–Kier alpha value is -0.120. The van der Waals surface area contributed by atoms with E-state index in [9.17, 15) is 5.11 Å². The Morgan fingerprint density at radius 3 is 2.71 bits per heavy atom. The summed E-state index contributed by atoms with van der Waals surface area (Å²) in [6.07, 6.45) is 4.29. The van der Waals surface area contributed by atoms with Crippen LogP contribution in [0.5, 0.6) is 0 Å². The first-order chi connectivity index (χ1) is 7.93. The number of hydrogen-bond donors (Lipinski definition) is 2. The molecular formula is C14H29NO2. The molecular weight excluding hydrogens is 214 g/mol. The number of methoxy groups -OCH3 is 1. The van der Waals surface area contributed by atoms with Gasteiger partial charge in [0.25, 0.3) is 0 Å². The van der Waals surface area contributed by atoms with Crippen molar-refractivity contribution in [2.45, 2.75) is 58.6 Å². The van der Waals surface area contributed by atoms with Crippen molar-refractivity contribution in [3.8, 4) is 0 Å². The SMILES string of the molecule is COCC(O)CCNC1CC(C)CC(C)(C)C1. The largest absolute Gasteiger partial charge is 0.391 e. The lowest BCUT2D eigenvalue weighted by atomic mass is 9.70. The van der Waals surface area contributed by atoms with Gasteiger partial charge in [-0.05, 0) is 43.6 Å². The highest BCUT2D eigenvalue weighted by Crippen LogP contribution is 2.38. The van der Waals surface area contributed by atoms with Crippen LogP contribution in [-0.4, -0.2) is 37.5 Å². The Bertz CT molecular complexity index is 218. The van der Waals surface area contributed by atoms with Crippen LogP contribution in [0.1, 0.15) is 46.5 Å². The molecule has 1 saturated carbocycles. The Kier molecular flexibility index (Phi) is 5.90. The quantitative estimate of drug-likeness (QED) is 0.751. The lowest BCUT2D eigenvalue weighted by Gasteiger charge is -2.39. The van der Waals surface area contributed by atoms with Crippen molar-refractivity contribution in [3.05, 3.63) is 0 Å². The van der Waals surface area contributed by atoms with Crippen LogP contribution in [0, 0.1) is 11.3 Å². The van der Waals surface area contributed by atoms with Gasteiger partial charge in [0.05, 0.1) is 12.7 Å². The molecule has 3 atom stereocenters. The van der Waals surface area contributed by atoms with E-state index in [0.29, 0.717) is 18.1 Å². The van der Waals surface area contributed by atoms with Crippen molar-refractivity contribution >= 4 is 0 Å². The summed E-state index contributed by atoms with van der Waals surface area (Å²) in [6.45, 7) is 8.38. The molecule has 1 aliphatic rings. The molecule has 0 amide bonds. The molecule has 2 N–H and O–H groups in total. The molecule has 0 aromatic carbocycles. The molecule has 0 aromatic heterocycles. The maximum Gasteiger partial charge on any atom is 0.0785 e. The van der Waals surface area contributed by atoms with E-state index in [1.165, 1.54) is 19.3 Å². The van der Waals surface area contributed by atoms with Gasteiger partial charge in [-0.1, -0.05) is 20.8 Å². The van der Waals surface area contributed by atoms with Gasteiger partial charge >= 0.3 is 0 Å². The standard InChI is InChI=1S/C14H29NO2/c1-11-7-12(9-14(2,3)8-11)15-6-5-13(16)10-17-4/h11-13,15-16H,5-10H2,1-4H3. The summed E-state index contributed by atoms with van der Waals surface area (Å²) in [7, 11) is 1.63. The van der Waals surface area contributed by atoms with Crippen LogP contribution < -0.4 is 5.32 Å². The fraction of sp³-hybridized carbons (Fsp3) is 1.00. The Morgan fingerprint density at radius 1 is 1.41 bits per heavy atom. The van der Waals surface area contributed by atoms with Gasteiger partial charge in [-0.2, -0.15) is 0 Å². The molecule has 17 heavy (non-hydrogen) atoms. The van der Waals surface area contributed by atoms with Gasteiger partial charge in [0.2, 0.25) is 0 Å². The smallest absolute Gasteiger partial charge is 0.0785 e. The average molecular weight is 243 g/mol. The number of nitrogens with one attached hydrogen (secondary N) is 1. The van der Waals surface area contributed by atoms with Crippen LogP contribution >= 0.6 is 0 Å². The summed E-state index contributed by atoms with van der Waals surface area (Å²) in [5, 5.41) is 13.1. The maximum atomic E-state index is 9.57. The minimum absolute atomic E-state index is 0.332. The van der Waals surface area contributed by atoms with Gasteiger partial charge < -0.3 is 15.2 Å². The third-order valence-corrected chi connectivity index (χ3v) is 3.66. The lowest BCUT2D eigenvalue weighted by molar-refractivity contribution is 0.0575. The molecule has 102 valence electrons. The third-order valence-electron chi connectivity index (χ3n) is 3.66. The Morgan fingerprint density at radius 2 is 2.12 bits per heavy atom. The molecule has 0 aromatic rings. The molecule has 1 aliphatic carbocycles. The molecule has 3 nitrogen and oxygen atoms in total. The van der Waals surface area contributed by atoms with E-state index in [2.05, 4.69) is 26.1 Å². The van der Waals surface area contributed by atoms with Crippen molar-refractivity contribution in [1.29, 1.82) is 0 Å². The van der Waals surface area contributed by atoms with Crippen molar-refractivity contribution < 1.29 is 9.84 Å². The second-order valence-electron chi connectivity index (χ2n) is 6.46. The zero-order chi connectivity index (χ0) is 12.9. The number of hydrogen-bond acceptors (Lipinski definition) is 3. The first-order valence-electron chi connectivity index (χ1n) is 6.83. The first-order valence-corrected chi connectivity index (χ1v) is 6.83. The fourth-order valence-electron chi connectivity index (χ4n) is 3.23. The van der Waals surface area contributed by atoms with Gasteiger partial charge in [0.1, 0.15) is 0 Å². The Labute approximate surface area is 106 Å². The molecule has 0 bridgehead atoms. The van der Waals surface area contributed by atoms with E-state index in [4.69, 9.17) is 4.74 Å². The van der Waals surface area contributed by atoms with Gasteiger partial charge in [0.15, 0.2) is 0 Å². The Balaban J connectivity index is 2.22. The predicted molar refractivity (Wildman–Crippen MR) is 71.1 cm³/mol. The van der Waals surface area contributed by atoms with E-state index in [0.717, 1.165) is 18.9 Å². The normalized spacial score (nSPS) is 30.2. The van der Waals surface area contributed by atoms with Crippen LogP contribution in [0.3, 0.4) is 0 Å². The van der Waals surface area contributed by atoms with Crippen molar-refractivity contribution in [3.63, 3.8) is 0 Å². The summed E-state index contributed by atoms with van der Waals surface area (Å²) in [4.78, 5) is 0. The van der Waals surface area contributed by atoms with Crippen molar-refractivity contribution in [1.82, 2.24) is 5.32 Å². The number of rotatable bonds is 6. The van der Waals surface area contributed by atoms with E-state index >= 15 is 0 Å². The van der Waals surface area contributed by atoms with Crippen LogP contribution in [0.25, 0.3) is 0 Å². The highest BCUT2D eigenvalue weighted by Gasteiger charge is 2.31. The topological polar surface area (TPSA) is 41.5 Å². The van der Waals surface area contributed by atoms with Gasteiger partial charge in [-0.15, -0.1) is 0 Å². The maximum absolute atomic E-state index is 9.57. The summed E-state index contributed by atoms with van der Waals surface area (Å²) >= 11 is 0. The van der Waals surface area contributed by atoms with E-state index in [1.807, 2.05) is 0 Å². The van der Waals surface area contributed by atoms with Gasteiger partial charge in [0, 0.05) is 13.2 Å².